The smallest absolute Gasteiger partial charge is 0.216 e. The summed E-state index contributed by atoms with van der Waals surface area (Å²) >= 11 is 0. The Morgan fingerprint density at radius 2 is 1.51 bits per heavy atom. The summed E-state index contributed by atoms with van der Waals surface area (Å²) in [7, 11) is 0. The molecule has 0 bridgehead atoms. The largest absolute Gasteiger partial charge is 0.486 e. The van der Waals surface area contributed by atoms with E-state index in [9.17, 15) is 0 Å². The molecule has 1 radical (unpaired) electrons. The summed E-state index contributed by atoms with van der Waals surface area (Å²) in [6.45, 7) is -10.1. The van der Waals surface area contributed by atoms with Crippen molar-refractivity contribution in [1.82, 2.24) is 15.0 Å². The third kappa shape index (κ3) is 7.44. The number of hydrogen-bond donors (Lipinski definition) is 0. The van der Waals surface area contributed by atoms with E-state index in [0.717, 1.165) is 23.5 Å². The molecule has 0 aliphatic rings. The Kier molecular flexibility index (Phi) is 6.18. The van der Waals surface area contributed by atoms with Crippen LogP contribution in [0.25, 0.3) is 55.7 Å². The van der Waals surface area contributed by atoms with Gasteiger partial charge in [0.15, 0.2) is 0 Å². The fourth-order valence-electron chi connectivity index (χ4n) is 5.25. The van der Waals surface area contributed by atoms with Gasteiger partial charge in [-0.2, -0.15) is 0 Å². The molecule has 0 unspecified atom stereocenters. The molecule has 0 spiro atoms. The molecule has 0 aliphatic heterocycles. The van der Waals surface area contributed by atoms with E-state index in [4.69, 9.17) is 23.6 Å². The molecule has 8 aromatic rings. The van der Waals surface area contributed by atoms with Crippen LogP contribution < -0.4 is 0 Å². The molecule has 0 fully saturated rings. The van der Waals surface area contributed by atoms with Crippen molar-refractivity contribution in [3.8, 4) is 33.6 Å². The molecule has 0 saturated heterocycles. The van der Waals surface area contributed by atoms with Crippen molar-refractivity contribution in [2.24, 2.45) is 0 Å². The van der Waals surface area contributed by atoms with Gasteiger partial charge in [-0.15, -0.1) is 54.1 Å². The van der Waals surface area contributed by atoms with Gasteiger partial charge >= 0.3 is 0 Å². The van der Waals surface area contributed by atoms with Gasteiger partial charge in [0.2, 0.25) is 5.71 Å². The summed E-state index contributed by atoms with van der Waals surface area (Å²) in [6.07, 6.45) is 0.641. The minimum atomic E-state index is -2.76. The number of benzene rings is 4. The second-order valence-electron chi connectivity index (χ2n) is 10.8. The number of rotatable bonds is 5. The van der Waals surface area contributed by atoms with Gasteiger partial charge in [0.05, 0.1) is 5.58 Å². The van der Waals surface area contributed by atoms with Gasteiger partial charge in [-0.1, -0.05) is 83.2 Å². The quantitative estimate of drug-likeness (QED) is 0.162. The van der Waals surface area contributed by atoms with Crippen molar-refractivity contribution in [3.63, 3.8) is 0 Å². The zero-order valence-corrected chi connectivity index (χ0v) is 28.1. The zero-order valence-electron chi connectivity index (χ0n) is 39.7. The maximum absolute atomic E-state index is 8.71. The summed E-state index contributed by atoms with van der Waals surface area (Å²) in [4.78, 5) is 13.0. The molecule has 4 heterocycles. The number of hydrogen-bond acceptors (Lipinski definition) is 4. The standard InChI is InChI=1S/C32H25N2O.C12H10N.Ir/c1-20-12-14-25(21(2)16-20)29-18-30(33-19-22(29)3)28-11-7-10-26-27-15-13-24(34-32(27)35-31(26)28)17-23-8-5-4-6-9-23;1-10-7-8-12(13-9-10)11-5-3-2-4-6-11;/h4-10,12-16,18-19H,17H2,1-3H3;2-5,7-9H,1H3;/q2*-1;/i1D3,2D3,3D3,17D2;1D3;. The van der Waals surface area contributed by atoms with Crippen molar-refractivity contribution >= 4 is 22.1 Å². The molecule has 49 heavy (non-hydrogen) atoms. The van der Waals surface area contributed by atoms with E-state index in [2.05, 4.69) is 27.1 Å². The summed E-state index contributed by atoms with van der Waals surface area (Å²) in [6, 6.07) is 37.3. The monoisotopic (exact) mass is 828 g/mol. The number of aromatic nitrogens is 3. The average Bonchev–Trinajstić information content (AvgIpc) is 3.61. The van der Waals surface area contributed by atoms with Crippen LogP contribution in [0, 0.1) is 39.5 Å². The van der Waals surface area contributed by atoms with Crippen LogP contribution in [0.15, 0.2) is 132 Å². The number of pyridine rings is 3. The fourth-order valence-corrected chi connectivity index (χ4v) is 5.25. The van der Waals surface area contributed by atoms with Crippen molar-refractivity contribution in [1.29, 1.82) is 0 Å². The van der Waals surface area contributed by atoms with Gasteiger partial charge in [-0.05, 0) is 84.3 Å². The summed E-state index contributed by atoms with van der Waals surface area (Å²) in [5.41, 5.74) is 2.87. The van der Waals surface area contributed by atoms with Gasteiger partial charge in [0.1, 0.15) is 0 Å². The molecule has 243 valence electrons. The maximum Gasteiger partial charge on any atom is 0.216 e. The molecular formula is C44H35IrN3O-2. The Balaban J connectivity index is 0.000000327. The summed E-state index contributed by atoms with van der Waals surface area (Å²) < 4.78 is 117. The van der Waals surface area contributed by atoms with Gasteiger partial charge in [-0.3, -0.25) is 0 Å². The number of nitrogens with zero attached hydrogens (tertiary/aromatic N) is 3. The number of furan rings is 1. The molecule has 0 N–H and O–H groups in total. The molecule has 0 saturated carbocycles. The van der Waals surface area contributed by atoms with Crippen LogP contribution in [0.5, 0.6) is 0 Å². The number of fused-ring (bicyclic) bond motifs is 3. The van der Waals surface area contributed by atoms with Crippen molar-refractivity contribution < 1.29 is 43.7 Å². The Hall–Kier alpha value is -5.22. The molecule has 4 aromatic heterocycles. The van der Waals surface area contributed by atoms with Crippen molar-refractivity contribution in [2.45, 2.75) is 33.8 Å². The predicted octanol–water partition coefficient (Wildman–Crippen LogP) is 10.9. The molecular weight excluding hydrogens is 779 g/mol. The van der Waals surface area contributed by atoms with E-state index in [1.165, 1.54) is 24.4 Å². The SMILES string of the molecule is [2H]C([2H])([2H])c1ccc(-c2[c-]cccc2)nc1.[2H]C([2H])([2H])c1ccc(-c2cc(-c3[c-]ccc4c3oc3nc(C([2H])([2H])c5ccccc5)ccc34)ncc2C([2H])([2H])[2H])c(C([2H])([2H])[2H])c1.[Ir]. The van der Waals surface area contributed by atoms with Crippen LogP contribution in [0.1, 0.15) is 52.7 Å². The van der Waals surface area contributed by atoms with Crippen LogP contribution in [0.3, 0.4) is 0 Å². The minimum Gasteiger partial charge on any atom is -0.486 e. The molecule has 4 aromatic carbocycles. The summed E-state index contributed by atoms with van der Waals surface area (Å²) in [5.74, 6) is 0. The second kappa shape index (κ2) is 14.9. The van der Waals surface area contributed by atoms with E-state index in [1.54, 1.807) is 72.8 Å². The van der Waals surface area contributed by atoms with Crippen LogP contribution in [0.4, 0.5) is 0 Å². The Morgan fingerprint density at radius 3 is 2.29 bits per heavy atom. The predicted molar refractivity (Wildman–Crippen MR) is 196 cm³/mol. The maximum atomic E-state index is 8.71. The Labute approximate surface area is 321 Å². The molecule has 0 amide bonds. The Bertz CT molecular complexity index is 2870. The fraction of sp³-hybridized carbons (Fsp3) is 0.114. The molecule has 8 rings (SSSR count). The number of aryl methyl sites for hydroxylation is 4. The third-order valence-electron chi connectivity index (χ3n) is 7.56. The second-order valence-corrected chi connectivity index (χ2v) is 10.8. The van der Waals surface area contributed by atoms with Crippen LogP contribution in [-0.2, 0) is 26.5 Å². The minimum absolute atomic E-state index is 0. The van der Waals surface area contributed by atoms with E-state index >= 15 is 0 Å². The first-order valence-corrected chi connectivity index (χ1v) is 14.9. The van der Waals surface area contributed by atoms with Crippen molar-refractivity contribution in [3.05, 3.63) is 173 Å². The normalized spacial score (nSPS) is 16.3. The van der Waals surface area contributed by atoms with E-state index in [1.807, 2.05) is 18.2 Å². The molecule has 4 nitrogen and oxygen atoms in total. The topological polar surface area (TPSA) is 51.8 Å². The van der Waals surface area contributed by atoms with E-state index < -0.39 is 33.8 Å². The van der Waals surface area contributed by atoms with Crippen LogP contribution >= 0.6 is 0 Å². The summed E-state index contributed by atoms with van der Waals surface area (Å²) in [5, 5.41) is 1.25. The molecule has 5 heteroatoms. The third-order valence-corrected chi connectivity index (χ3v) is 7.56. The van der Waals surface area contributed by atoms with Gasteiger partial charge in [0, 0.05) is 69.1 Å². The molecule has 0 aliphatic carbocycles. The average molecular weight is 828 g/mol. The van der Waals surface area contributed by atoms with E-state index in [0.29, 0.717) is 27.5 Å². The van der Waals surface area contributed by atoms with Crippen LogP contribution in [0.2, 0.25) is 0 Å². The Morgan fingerprint density at radius 1 is 0.673 bits per heavy atom. The first kappa shape index (κ1) is 20.3. The van der Waals surface area contributed by atoms with Gasteiger partial charge in [-0.25, -0.2) is 4.98 Å². The van der Waals surface area contributed by atoms with Crippen molar-refractivity contribution in [2.75, 3.05) is 0 Å². The molecule has 0 atom stereocenters. The first-order valence-electron chi connectivity index (χ1n) is 21.9. The first-order chi connectivity index (χ1) is 29.0. The van der Waals surface area contributed by atoms with Gasteiger partial charge < -0.3 is 14.4 Å². The van der Waals surface area contributed by atoms with E-state index in [-0.39, 0.29) is 70.6 Å². The van der Waals surface area contributed by atoms with Crippen LogP contribution in [-0.4, -0.2) is 15.0 Å². The zero-order chi connectivity index (χ0) is 44.8. The van der Waals surface area contributed by atoms with Gasteiger partial charge in [0.25, 0.3) is 0 Å².